The lowest BCUT2D eigenvalue weighted by atomic mass is 9.85. The van der Waals surface area contributed by atoms with Crippen LogP contribution in [0.4, 0.5) is 4.79 Å². The summed E-state index contributed by atoms with van der Waals surface area (Å²) in [5, 5.41) is 3.08. The summed E-state index contributed by atoms with van der Waals surface area (Å²) in [6.45, 7) is 8.81. The number of rotatable bonds is 0. The van der Waals surface area contributed by atoms with Gasteiger partial charge in [0.1, 0.15) is 5.60 Å². The van der Waals surface area contributed by atoms with Crippen molar-refractivity contribution in [2.24, 2.45) is 5.92 Å². The Labute approximate surface area is 114 Å². The molecule has 0 aromatic heterocycles. The smallest absolute Gasteiger partial charge is 0.410 e. The Kier molecular flexibility index (Phi) is 3.49. The number of likely N-dealkylation sites (tertiary alicyclic amines) is 1. The predicted molar refractivity (Wildman–Crippen MR) is 71.7 cm³/mol. The minimum Gasteiger partial charge on any atom is -0.444 e. The van der Waals surface area contributed by atoms with Gasteiger partial charge in [0.25, 0.3) is 0 Å². The monoisotopic (exact) mass is 268 g/mol. The van der Waals surface area contributed by atoms with Crippen molar-refractivity contribution in [3.05, 3.63) is 0 Å². The lowest BCUT2D eigenvalue weighted by molar-refractivity contribution is -0.122. The average Bonchev–Trinajstić information content (AvgIpc) is 2.51. The van der Waals surface area contributed by atoms with Crippen LogP contribution >= 0.6 is 0 Å². The zero-order valence-electron chi connectivity index (χ0n) is 12.3. The van der Waals surface area contributed by atoms with E-state index in [9.17, 15) is 9.59 Å². The Balaban J connectivity index is 2.02. The van der Waals surface area contributed by atoms with Crippen molar-refractivity contribution in [3.8, 4) is 0 Å². The van der Waals surface area contributed by atoms with Crippen molar-refractivity contribution >= 4 is 12.0 Å². The van der Waals surface area contributed by atoms with Gasteiger partial charge in [-0.1, -0.05) is 6.92 Å². The second-order valence-electron chi connectivity index (χ2n) is 6.88. The number of hydrogen-bond acceptors (Lipinski definition) is 3. The molecule has 2 fully saturated rings. The highest BCUT2D eigenvalue weighted by molar-refractivity contribution is 5.82. The fraction of sp³-hybridized carbons (Fsp3) is 0.857. The third-order valence-electron chi connectivity index (χ3n) is 3.76. The van der Waals surface area contributed by atoms with E-state index in [4.69, 9.17) is 4.74 Å². The molecule has 1 N–H and O–H groups in total. The molecule has 2 aliphatic rings. The number of ether oxygens (including phenoxy) is 1. The number of carbonyl (C=O) groups is 2. The SMILES string of the molecule is CC1CC2(CCCN(C(=O)OC(C)(C)C)C2)NC1=O. The van der Waals surface area contributed by atoms with Gasteiger partial charge in [0.2, 0.25) is 5.91 Å². The van der Waals surface area contributed by atoms with Crippen molar-refractivity contribution in [1.29, 1.82) is 0 Å². The van der Waals surface area contributed by atoms with Crippen molar-refractivity contribution in [1.82, 2.24) is 10.2 Å². The van der Waals surface area contributed by atoms with Crippen LogP contribution in [0.1, 0.15) is 47.0 Å². The Bertz CT molecular complexity index is 389. The van der Waals surface area contributed by atoms with E-state index in [0.29, 0.717) is 13.1 Å². The first-order valence-electron chi connectivity index (χ1n) is 7.01. The second-order valence-corrected chi connectivity index (χ2v) is 6.88. The maximum absolute atomic E-state index is 12.1. The van der Waals surface area contributed by atoms with Crippen LogP contribution in [0.25, 0.3) is 0 Å². The summed E-state index contributed by atoms with van der Waals surface area (Å²) in [6.07, 6.45) is 2.39. The molecule has 0 aliphatic carbocycles. The molecular weight excluding hydrogens is 244 g/mol. The summed E-state index contributed by atoms with van der Waals surface area (Å²) in [4.78, 5) is 25.5. The molecule has 2 heterocycles. The molecule has 108 valence electrons. The summed E-state index contributed by atoms with van der Waals surface area (Å²) in [6, 6.07) is 0. The number of nitrogens with one attached hydrogen (secondary N) is 1. The molecule has 0 aromatic carbocycles. The first kappa shape index (κ1) is 14.2. The molecule has 2 rings (SSSR count). The fourth-order valence-electron chi connectivity index (χ4n) is 3.00. The van der Waals surface area contributed by atoms with Gasteiger partial charge in [-0.2, -0.15) is 0 Å². The van der Waals surface area contributed by atoms with E-state index in [-0.39, 0.29) is 23.5 Å². The second kappa shape index (κ2) is 4.69. The average molecular weight is 268 g/mol. The van der Waals surface area contributed by atoms with Gasteiger partial charge in [-0.15, -0.1) is 0 Å². The first-order chi connectivity index (χ1) is 8.71. The van der Waals surface area contributed by atoms with E-state index in [1.807, 2.05) is 27.7 Å². The zero-order valence-corrected chi connectivity index (χ0v) is 12.3. The molecule has 1 spiro atoms. The number of carbonyl (C=O) groups excluding carboxylic acids is 2. The van der Waals surface area contributed by atoms with Gasteiger partial charge in [-0.3, -0.25) is 4.79 Å². The summed E-state index contributed by atoms with van der Waals surface area (Å²) in [7, 11) is 0. The third-order valence-corrected chi connectivity index (χ3v) is 3.76. The minimum absolute atomic E-state index is 0.0404. The highest BCUT2D eigenvalue weighted by Gasteiger charge is 2.46. The largest absolute Gasteiger partial charge is 0.444 e. The van der Waals surface area contributed by atoms with Crippen molar-refractivity contribution in [2.75, 3.05) is 13.1 Å². The van der Waals surface area contributed by atoms with Crippen LogP contribution in [0.3, 0.4) is 0 Å². The van der Waals surface area contributed by atoms with Crippen LogP contribution in [0.15, 0.2) is 0 Å². The zero-order chi connectivity index (χ0) is 14.3. The maximum Gasteiger partial charge on any atom is 0.410 e. The van der Waals surface area contributed by atoms with Crippen LogP contribution in [-0.4, -0.2) is 41.1 Å². The van der Waals surface area contributed by atoms with Crippen molar-refractivity contribution < 1.29 is 14.3 Å². The highest BCUT2D eigenvalue weighted by Crippen LogP contribution is 2.33. The van der Waals surface area contributed by atoms with Gasteiger partial charge >= 0.3 is 6.09 Å². The molecule has 5 nitrogen and oxygen atoms in total. The first-order valence-corrected chi connectivity index (χ1v) is 7.01. The summed E-state index contributed by atoms with van der Waals surface area (Å²) >= 11 is 0. The Hall–Kier alpha value is -1.26. The van der Waals surface area contributed by atoms with Crippen molar-refractivity contribution in [3.63, 3.8) is 0 Å². The number of nitrogens with zero attached hydrogens (tertiary/aromatic N) is 1. The van der Waals surface area contributed by atoms with Crippen LogP contribution in [-0.2, 0) is 9.53 Å². The maximum atomic E-state index is 12.1. The number of amides is 2. The molecule has 0 bridgehead atoms. The highest BCUT2D eigenvalue weighted by atomic mass is 16.6. The lowest BCUT2D eigenvalue weighted by Crippen LogP contribution is -2.56. The van der Waals surface area contributed by atoms with E-state index >= 15 is 0 Å². The molecule has 2 atom stereocenters. The molecule has 2 unspecified atom stereocenters. The third kappa shape index (κ3) is 3.19. The molecule has 5 heteroatoms. The van der Waals surface area contributed by atoms with Gasteiger partial charge in [-0.05, 0) is 40.0 Å². The van der Waals surface area contributed by atoms with Gasteiger partial charge in [-0.25, -0.2) is 4.79 Å². The Morgan fingerprint density at radius 2 is 2.16 bits per heavy atom. The van der Waals surface area contributed by atoms with E-state index in [2.05, 4.69) is 5.32 Å². The molecule has 2 saturated heterocycles. The van der Waals surface area contributed by atoms with Crippen molar-refractivity contribution in [2.45, 2.75) is 58.1 Å². The van der Waals surface area contributed by atoms with E-state index in [0.717, 1.165) is 19.3 Å². The van der Waals surface area contributed by atoms with Crippen LogP contribution in [0.2, 0.25) is 0 Å². The van der Waals surface area contributed by atoms with E-state index in [1.165, 1.54) is 0 Å². The fourth-order valence-corrected chi connectivity index (χ4v) is 3.00. The summed E-state index contributed by atoms with van der Waals surface area (Å²) < 4.78 is 5.41. The molecule has 2 aliphatic heterocycles. The molecular formula is C14H24N2O3. The number of piperidine rings is 1. The quantitative estimate of drug-likeness (QED) is 0.730. The topological polar surface area (TPSA) is 58.6 Å². The molecule has 0 saturated carbocycles. The molecule has 19 heavy (non-hydrogen) atoms. The van der Waals surface area contributed by atoms with Crippen LogP contribution in [0.5, 0.6) is 0 Å². The normalized spacial score (nSPS) is 31.5. The Morgan fingerprint density at radius 1 is 1.47 bits per heavy atom. The Morgan fingerprint density at radius 3 is 2.68 bits per heavy atom. The minimum atomic E-state index is -0.478. The molecule has 0 aromatic rings. The molecule has 0 radical (unpaired) electrons. The summed E-state index contributed by atoms with van der Waals surface area (Å²) in [5.41, 5.74) is -0.709. The van der Waals surface area contributed by atoms with Gasteiger partial charge < -0.3 is 15.0 Å². The summed E-state index contributed by atoms with van der Waals surface area (Å²) in [5.74, 6) is 0.143. The van der Waals surface area contributed by atoms with E-state index < -0.39 is 5.60 Å². The predicted octanol–water partition coefficient (Wildman–Crippen LogP) is 1.91. The number of hydrogen-bond donors (Lipinski definition) is 1. The lowest BCUT2D eigenvalue weighted by Gasteiger charge is -2.40. The van der Waals surface area contributed by atoms with Gasteiger partial charge in [0.15, 0.2) is 0 Å². The van der Waals surface area contributed by atoms with Crippen LogP contribution in [0, 0.1) is 5.92 Å². The van der Waals surface area contributed by atoms with Gasteiger partial charge in [0.05, 0.1) is 5.54 Å². The van der Waals surface area contributed by atoms with E-state index in [1.54, 1.807) is 4.90 Å². The van der Waals surface area contributed by atoms with Gasteiger partial charge in [0, 0.05) is 19.0 Å². The van der Waals surface area contributed by atoms with Crippen LogP contribution < -0.4 is 5.32 Å². The standard InChI is InChI=1S/C14H24N2O3/c1-10-8-14(15-11(10)17)6-5-7-16(9-14)12(18)19-13(2,3)4/h10H,5-9H2,1-4H3,(H,15,17). The molecule has 2 amide bonds.